The van der Waals surface area contributed by atoms with Crippen molar-refractivity contribution in [1.29, 1.82) is 0 Å². The van der Waals surface area contributed by atoms with Gasteiger partial charge in [0, 0.05) is 5.02 Å². The molecule has 2 aromatic carbocycles. The summed E-state index contributed by atoms with van der Waals surface area (Å²) in [6, 6.07) is 12.3. The van der Waals surface area contributed by atoms with Gasteiger partial charge in [0.2, 0.25) is 0 Å². The second kappa shape index (κ2) is 5.58. The van der Waals surface area contributed by atoms with Gasteiger partial charge in [0.25, 0.3) is 0 Å². The highest BCUT2D eigenvalue weighted by Gasteiger charge is 2.26. The van der Waals surface area contributed by atoms with E-state index in [1.54, 1.807) is 31.2 Å². The van der Waals surface area contributed by atoms with Crippen LogP contribution in [0.1, 0.15) is 28.9 Å². The number of halogens is 1. The average Bonchev–Trinajstić information content (AvgIpc) is 2.41. The molecule has 0 aliphatic heterocycles. The molecule has 0 spiro atoms. The molecular formula is C16H17ClO2S. The summed E-state index contributed by atoms with van der Waals surface area (Å²) in [4.78, 5) is 0.343. The molecule has 0 radical (unpaired) electrons. The number of hydrogen-bond donors (Lipinski definition) is 0. The van der Waals surface area contributed by atoms with Crippen LogP contribution in [-0.4, -0.2) is 8.42 Å². The SMILES string of the molecule is Cc1ccc(S(=O)(=O)C(C)c2cc(Cl)ccc2C)cc1. The fourth-order valence-electron chi connectivity index (χ4n) is 2.15. The number of rotatable bonds is 3. The molecule has 0 aromatic heterocycles. The molecule has 0 amide bonds. The Morgan fingerprint density at radius 1 is 1.00 bits per heavy atom. The van der Waals surface area contributed by atoms with Crippen molar-refractivity contribution in [2.24, 2.45) is 0 Å². The summed E-state index contributed by atoms with van der Waals surface area (Å²) < 4.78 is 25.3. The van der Waals surface area contributed by atoms with E-state index in [0.717, 1.165) is 16.7 Å². The van der Waals surface area contributed by atoms with Crippen molar-refractivity contribution in [2.45, 2.75) is 30.9 Å². The Kier molecular flexibility index (Phi) is 4.21. The maximum absolute atomic E-state index is 12.7. The number of benzene rings is 2. The molecule has 0 aliphatic carbocycles. The standard InChI is InChI=1S/C16H17ClO2S/c1-11-4-8-15(9-5-11)20(18,19)13(3)16-10-14(17)7-6-12(16)2/h4-10,13H,1-3H3. The zero-order valence-corrected chi connectivity index (χ0v) is 13.3. The van der Waals surface area contributed by atoms with E-state index in [1.165, 1.54) is 0 Å². The van der Waals surface area contributed by atoms with Gasteiger partial charge in [-0.05, 0) is 56.2 Å². The zero-order chi connectivity index (χ0) is 14.9. The van der Waals surface area contributed by atoms with Crippen molar-refractivity contribution in [3.8, 4) is 0 Å². The largest absolute Gasteiger partial charge is 0.223 e. The van der Waals surface area contributed by atoms with E-state index in [1.807, 2.05) is 32.0 Å². The lowest BCUT2D eigenvalue weighted by Crippen LogP contribution is -2.12. The summed E-state index contributed by atoms with van der Waals surface area (Å²) in [6.45, 7) is 5.53. The molecule has 2 nitrogen and oxygen atoms in total. The first-order valence-corrected chi connectivity index (χ1v) is 8.31. The zero-order valence-electron chi connectivity index (χ0n) is 11.7. The highest BCUT2D eigenvalue weighted by Crippen LogP contribution is 2.32. The Bertz CT molecular complexity index is 719. The summed E-state index contributed by atoms with van der Waals surface area (Å²) >= 11 is 5.98. The Hall–Kier alpha value is -1.32. The summed E-state index contributed by atoms with van der Waals surface area (Å²) in [5.74, 6) is 0. The number of sulfone groups is 1. The van der Waals surface area contributed by atoms with Crippen molar-refractivity contribution < 1.29 is 8.42 Å². The van der Waals surface area contributed by atoms with Gasteiger partial charge in [-0.3, -0.25) is 0 Å². The number of hydrogen-bond acceptors (Lipinski definition) is 2. The van der Waals surface area contributed by atoms with Crippen LogP contribution in [0.15, 0.2) is 47.4 Å². The van der Waals surface area contributed by atoms with Crippen LogP contribution < -0.4 is 0 Å². The van der Waals surface area contributed by atoms with Crippen molar-refractivity contribution in [3.05, 3.63) is 64.2 Å². The highest BCUT2D eigenvalue weighted by atomic mass is 35.5. The van der Waals surface area contributed by atoms with E-state index in [-0.39, 0.29) is 0 Å². The van der Waals surface area contributed by atoms with E-state index in [2.05, 4.69) is 0 Å². The molecule has 0 heterocycles. The molecule has 1 atom stereocenters. The predicted octanol–water partition coefficient (Wildman–Crippen LogP) is 4.49. The van der Waals surface area contributed by atoms with Gasteiger partial charge < -0.3 is 0 Å². The topological polar surface area (TPSA) is 34.1 Å². The van der Waals surface area contributed by atoms with Crippen molar-refractivity contribution in [1.82, 2.24) is 0 Å². The third kappa shape index (κ3) is 2.89. The van der Waals surface area contributed by atoms with E-state index >= 15 is 0 Å². The molecule has 0 N–H and O–H groups in total. The minimum atomic E-state index is -3.41. The maximum Gasteiger partial charge on any atom is 0.185 e. The van der Waals surface area contributed by atoms with Crippen LogP contribution in [0.2, 0.25) is 5.02 Å². The van der Waals surface area contributed by atoms with Gasteiger partial charge >= 0.3 is 0 Å². The average molecular weight is 309 g/mol. The first-order valence-electron chi connectivity index (χ1n) is 6.39. The van der Waals surface area contributed by atoms with Crippen molar-refractivity contribution in [2.75, 3.05) is 0 Å². The molecule has 106 valence electrons. The minimum absolute atomic E-state index is 0.343. The van der Waals surface area contributed by atoms with Crippen LogP contribution in [-0.2, 0) is 9.84 Å². The van der Waals surface area contributed by atoms with E-state index in [9.17, 15) is 8.42 Å². The first-order chi connectivity index (χ1) is 9.32. The molecule has 20 heavy (non-hydrogen) atoms. The minimum Gasteiger partial charge on any atom is -0.223 e. The molecule has 1 unspecified atom stereocenters. The van der Waals surface area contributed by atoms with Crippen LogP contribution >= 0.6 is 11.6 Å². The molecular weight excluding hydrogens is 292 g/mol. The van der Waals surface area contributed by atoms with Crippen LogP contribution in [0.3, 0.4) is 0 Å². The Balaban J connectivity index is 2.48. The molecule has 2 rings (SSSR count). The smallest absolute Gasteiger partial charge is 0.185 e. The van der Waals surface area contributed by atoms with Gasteiger partial charge in [0.15, 0.2) is 9.84 Å². The molecule has 0 saturated heterocycles. The molecule has 0 aliphatic rings. The second-order valence-electron chi connectivity index (χ2n) is 5.00. The molecule has 0 saturated carbocycles. The summed E-state index contributed by atoms with van der Waals surface area (Å²) in [7, 11) is -3.41. The van der Waals surface area contributed by atoms with Crippen LogP contribution in [0.4, 0.5) is 0 Å². The fraction of sp³-hybridized carbons (Fsp3) is 0.250. The predicted molar refractivity (Wildman–Crippen MR) is 83.0 cm³/mol. The lowest BCUT2D eigenvalue weighted by molar-refractivity contribution is 0.586. The normalized spacial score (nSPS) is 13.2. The quantitative estimate of drug-likeness (QED) is 0.837. The van der Waals surface area contributed by atoms with Gasteiger partial charge in [-0.15, -0.1) is 0 Å². The Labute approximate surface area is 125 Å². The van der Waals surface area contributed by atoms with Gasteiger partial charge in [0.05, 0.1) is 10.1 Å². The second-order valence-corrected chi connectivity index (χ2v) is 7.71. The van der Waals surface area contributed by atoms with Crippen LogP contribution in [0.5, 0.6) is 0 Å². The van der Waals surface area contributed by atoms with Gasteiger partial charge in [-0.1, -0.05) is 35.4 Å². The lowest BCUT2D eigenvalue weighted by atomic mass is 10.1. The Morgan fingerprint density at radius 3 is 2.20 bits per heavy atom. The van der Waals surface area contributed by atoms with Gasteiger partial charge in [-0.25, -0.2) is 8.42 Å². The van der Waals surface area contributed by atoms with Crippen LogP contribution in [0.25, 0.3) is 0 Å². The maximum atomic E-state index is 12.7. The summed E-state index contributed by atoms with van der Waals surface area (Å²) in [5, 5.41) is -0.0690. The van der Waals surface area contributed by atoms with Gasteiger partial charge in [0.1, 0.15) is 0 Å². The number of aryl methyl sites for hydroxylation is 2. The molecule has 0 bridgehead atoms. The van der Waals surface area contributed by atoms with Crippen molar-refractivity contribution >= 4 is 21.4 Å². The van der Waals surface area contributed by atoms with Gasteiger partial charge in [-0.2, -0.15) is 0 Å². The van der Waals surface area contributed by atoms with E-state index < -0.39 is 15.1 Å². The first kappa shape index (κ1) is 15.1. The fourth-order valence-corrected chi connectivity index (χ4v) is 3.84. The van der Waals surface area contributed by atoms with E-state index in [0.29, 0.717) is 9.92 Å². The van der Waals surface area contributed by atoms with Crippen molar-refractivity contribution in [3.63, 3.8) is 0 Å². The third-order valence-corrected chi connectivity index (χ3v) is 5.84. The lowest BCUT2D eigenvalue weighted by Gasteiger charge is -2.16. The summed E-state index contributed by atoms with van der Waals surface area (Å²) in [5.41, 5.74) is 2.71. The monoisotopic (exact) mass is 308 g/mol. The molecule has 0 fully saturated rings. The van der Waals surface area contributed by atoms with E-state index in [4.69, 9.17) is 11.6 Å². The molecule has 4 heteroatoms. The third-order valence-electron chi connectivity index (χ3n) is 3.49. The Morgan fingerprint density at radius 2 is 1.60 bits per heavy atom. The molecule has 2 aromatic rings. The summed E-state index contributed by atoms with van der Waals surface area (Å²) in [6.07, 6.45) is 0. The highest BCUT2D eigenvalue weighted by molar-refractivity contribution is 7.91. The van der Waals surface area contributed by atoms with Crippen LogP contribution in [0, 0.1) is 13.8 Å².